The van der Waals surface area contributed by atoms with Crippen molar-refractivity contribution in [3.63, 3.8) is 0 Å². The summed E-state index contributed by atoms with van der Waals surface area (Å²) in [5.41, 5.74) is 6.32. The Morgan fingerprint density at radius 3 is 2.74 bits per heavy atom. The first kappa shape index (κ1) is 27.1. The van der Waals surface area contributed by atoms with Crippen LogP contribution in [0.1, 0.15) is 44.1 Å². The van der Waals surface area contributed by atoms with Gasteiger partial charge in [-0.25, -0.2) is 9.67 Å². The van der Waals surface area contributed by atoms with Gasteiger partial charge in [0.1, 0.15) is 17.5 Å². The van der Waals surface area contributed by atoms with Crippen molar-refractivity contribution in [3.05, 3.63) is 70.7 Å². The van der Waals surface area contributed by atoms with Crippen molar-refractivity contribution in [2.24, 2.45) is 5.73 Å². The van der Waals surface area contributed by atoms with Gasteiger partial charge in [0, 0.05) is 18.7 Å². The number of primary amides is 1. The van der Waals surface area contributed by atoms with E-state index in [-0.39, 0.29) is 40.9 Å². The zero-order valence-electron chi connectivity index (χ0n) is 20.3. The third-order valence-electron chi connectivity index (χ3n) is 5.77. The molecule has 0 radical (unpaired) electrons. The van der Waals surface area contributed by atoms with E-state index in [2.05, 4.69) is 20.7 Å². The highest BCUT2D eigenvalue weighted by molar-refractivity contribution is 6.08. The second-order valence-corrected chi connectivity index (χ2v) is 8.71. The Morgan fingerprint density at radius 1 is 1.28 bits per heavy atom. The molecule has 1 atom stereocenters. The molecule has 202 valence electrons. The summed E-state index contributed by atoms with van der Waals surface area (Å²) in [4.78, 5) is 41.4. The first-order valence-corrected chi connectivity index (χ1v) is 11.7. The van der Waals surface area contributed by atoms with Crippen molar-refractivity contribution in [2.45, 2.75) is 31.5 Å². The fraction of sp³-hybridized carbons (Fsp3) is 0.280. The average Bonchev–Trinajstić information content (AvgIpc) is 3.29. The molecule has 0 spiro atoms. The molecule has 14 heteroatoms. The van der Waals surface area contributed by atoms with Crippen LogP contribution >= 0.6 is 0 Å². The van der Waals surface area contributed by atoms with Gasteiger partial charge < -0.3 is 21.1 Å². The number of nitriles is 1. The Morgan fingerprint density at radius 2 is 2.08 bits per heavy atom. The van der Waals surface area contributed by atoms with Gasteiger partial charge >= 0.3 is 6.18 Å². The van der Waals surface area contributed by atoms with Crippen LogP contribution in [0.3, 0.4) is 0 Å². The van der Waals surface area contributed by atoms with E-state index in [0.717, 1.165) is 0 Å². The SMILES string of the molecule is N#Cc1ccc(-n2nc3c(c2C(=O)NCC(N)=O)C(=O)NC(CCc2cccc(OCC(F)(F)F)c2)C3)nc1. The molecule has 3 amide bonds. The number of nitrogens with one attached hydrogen (secondary N) is 2. The van der Waals surface area contributed by atoms with Gasteiger partial charge in [-0.3, -0.25) is 14.4 Å². The zero-order valence-corrected chi connectivity index (χ0v) is 20.3. The van der Waals surface area contributed by atoms with E-state index in [1.807, 2.05) is 6.07 Å². The molecule has 0 saturated heterocycles. The number of aryl methyl sites for hydroxylation is 1. The van der Waals surface area contributed by atoms with Crippen LogP contribution in [-0.2, 0) is 17.6 Å². The Balaban J connectivity index is 1.55. The molecule has 1 aliphatic rings. The van der Waals surface area contributed by atoms with E-state index in [1.54, 1.807) is 12.1 Å². The minimum Gasteiger partial charge on any atom is -0.484 e. The highest BCUT2D eigenvalue weighted by Gasteiger charge is 2.35. The van der Waals surface area contributed by atoms with E-state index in [9.17, 15) is 27.6 Å². The highest BCUT2D eigenvalue weighted by Crippen LogP contribution is 2.25. The van der Waals surface area contributed by atoms with Crippen molar-refractivity contribution >= 4 is 17.7 Å². The van der Waals surface area contributed by atoms with Crippen LogP contribution in [0.15, 0.2) is 42.6 Å². The van der Waals surface area contributed by atoms with Gasteiger partial charge in [-0.1, -0.05) is 12.1 Å². The van der Waals surface area contributed by atoms with Crippen molar-refractivity contribution in [1.82, 2.24) is 25.4 Å². The second kappa shape index (κ2) is 11.2. The lowest BCUT2D eigenvalue weighted by atomic mass is 9.95. The summed E-state index contributed by atoms with van der Waals surface area (Å²) in [7, 11) is 0. The maximum atomic E-state index is 13.1. The van der Waals surface area contributed by atoms with Crippen molar-refractivity contribution in [3.8, 4) is 17.6 Å². The van der Waals surface area contributed by atoms with Gasteiger partial charge in [0.05, 0.1) is 23.4 Å². The third kappa shape index (κ3) is 6.69. The molecule has 0 bridgehead atoms. The summed E-state index contributed by atoms with van der Waals surface area (Å²) < 4.78 is 43.3. The quantitative estimate of drug-likeness (QED) is 0.370. The molecule has 0 saturated carbocycles. The number of carbonyl (C=O) groups is 3. The number of rotatable bonds is 9. The van der Waals surface area contributed by atoms with Crippen molar-refractivity contribution in [1.29, 1.82) is 5.26 Å². The van der Waals surface area contributed by atoms with Crippen molar-refractivity contribution in [2.75, 3.05) is 13.2 Å². The number of benzene rings is 1. The van der Waals surface area contributed by atoms with Crippen LogP contribution in [-0.4, -0.2) is 57.9 Å². The summed E-state index contributed by atoms with van der Waals surface area (Å²) in [5, 5.41) is 18.7. The molecule has 1 unspecified atom stereocenters. The molecule has 3 heterocycles. The summed E-state index contributed by atoms with van der Waals surface area (Å²) in [6.07, 6.45) is -2.06. The molecule has 0 aliphatic carbocycles. The van der Waals surface area contributed by atoms with Crippen LogP contribution in [0.5, 0.6) is 5.75 Å². The number of amides is 3. The van der Waals surface area contributed by atoms with E-state index < -0.39 is 37.0 Å². The minimum atomic E-state index is -4.45. The molecule has 39 heavy (non-hydrogen) atoms. The number of fused-ring (bicyclic) bond motifs is 1. The van der Waals surface area contributed by atoms with Crippen LogP contribution in [0.25, 0.3) is 5.82 Å². The number of aromatic nitrogens is 3. The number of alkyl halides is 3. The Labute approximate surface area is 219 Å². The lowest BCUT2D eigenvalue weighted by Gasteiger charge is -2.23. The number of hydrogen-bond acceptors (Lipinski definition) is 7. The first-order chi connectivity index (χ1) is 18.5. The smallest absolute Gasteiger partial charge is 0.422 e. The lowest BCUT2D eigenvalue weighted by molar-refractivity contribution is -0.153. The lowest BCUT2D eigenvalue weighted by Crippen LogP contribution is -2.43. The van der Waals surface area contributed by atoms with Gasteiger partial charge in [-0.05, 0) is 42.7 Å². The van der Waals surface area contributed by atoms with Gasteiger partial charge in [0.2, 0.25) is 5.91 Å². The standard InChI is InChI=1S/C25H22F3N7O4/c26-25(27,28)13-39-17-3-1-2-14(8-17)4-6-16-9-18-21(23(37)33-16)22(24(38)32-12-19(30)36)35(34-18)20-7-5-15(10-29)11-31-20/h1-3,5,7-8,11,16H,4,6,9,12-13H2,(H2,30,36)(H,32,38)(H,33,37). The number of ether oxygens (including phenoxy) is 1. The topological polar surface area (TPSA) is 165 Å². The minimum absolute atomic E-state index is 0.0157. The Kier molecular flexibility index (Phi) is 7.80. The summed E-state index contributed by atoms with van der Waals surface area (Å²) >= 11 is 0. The molecule has 4 N–H and O–H groups in total. The summed E-state index contributed by atoms with van der Waals surface area (Å²) in [6.45, 7) is -1.86. The number of nitrogens with zero attached hydrogens (tertiary/aromatic N) is 4. The van der Waals surface area contributed by atoms with Gasteiger partial charge in [-0.2, -0.15) is 23.5 Å². The molecule has 1 aromatic carbocycles. The predicted octanol–water partition coefficient (Wildman–Crippen LogP) is 1.58. The third-order valence-corrected chi connectivity index (χ3v) is 5.77. The fourth-order valence-corrected chi connectivity index (χ4v) is 4.06. The second-order valence-electron chi connectivity index (χ2n) is 8.71. The highest BCUT2D eigenvalue weighted by atomic mass is 19.4. The summed E-state index contributed by atoms with van der Waals surface area (Å²) in [5.74, 6) is -1.85. The van der Waals surface area contributed by atoms with Gasteiger partial charge in [0.25, 0.3) is 11.8 Å². The van der Waals surface area contributed by atoms with E-state index in [0.29, 0.717) is 24.1 Å². The van der Waals surface area contributed by atoms with Crippen LogP contribution < -0.4 is 21.1 Å². The first-order valence-electron chi connectivity index (χ1n) is 11.7. The Bertz CT molecular complexity index is 1450. The molecular weight excluding hydrogens is 519 g/mol. The molecule has 1 aliphatic heterocycles. The van der Waals surface area contributed by atoms with E-state index in [1.165, 1.54) is 35.1 Å². The van der Waals surface area contributed by atoms with Crippen LogP contribution in [0.4, 0.5) is 13.2 Å². The molecule has 4 rings (SSSR count). The zero-order chi connectivity index (χ0) is 28.2. The van der Waals surface area contributed by atoms with E-state index in [4.69, 9.17) is 15.7 Å². The van der Waals surface area contributed by atoms with Crippen LogP contribution in [0.2, 0.25) is 0 Å². The molecular formula is C25H22F3N7O4. The van der Waals surface area contributed by atoms with Crippen molar-refractivity contribution < 1.29 is 32.3 Å². The largest absolute Gasteiger partial charge is 0.484 e. The fourth-order valence-electron chi connectivity index (χ4n) is 4.06. The number of pyridine rings is 1. The number of nitrogens with two attached hydrogens (primary N) is 1. The van der Waals surface area contributed by atoms with Crippen LogP contribution in [0, 0.1) is 11.3 Å². The molecule has 2 aromatic heterocycles. The number of hydrogen-bond donors (Lipinski definition) is 3. The van der Waals surface area contributed by atoms with Gasteiger partial charge in [-0.15, -0.1) is 0 Å². The number of halogens is 3. The Hall–Kier alpha value is -4.93. The summed E-state index contributed by atoms with van der Waals surface area (Å²) in [6, 6.07) is 10.8. The van der Waals surface area contributed by atoms with E-state index >= 15 is 0 Å². The predicted molar refractivity (Wildman–Crippen MR) is 129 cm³/mol. The maximum Gasteiger partial charge on any atom is 0.422 e. The number of carbonyl (C=O) groups excluding carboxylic acids is 3. The average molecular weight is 541 g/mol. The molecule has 3 aromatic rings. The monoisotopic (exact) mass is 541 g/mol. The molecule has 0 fully saturated rings. The maximum absolute atomic E-state index is 13.1. The molecule has 11 nitrogen and oxygen atoms in total. The normalized spacial score (nSPS) is 14.6. The van der Waals surface area contributed by atoms with Gasteiger partial charge in [0.15, 0.2) is 12.4 Å².